The van der Waals surface area contributed by atoms with Gasteiger partial charge in [0, 0.05) is 6.07 Å². The lowest BCUT2D eigenvalue weighted by atomic mass is 9.99. The minimum absolute atomic E-state index is 0.135. The Kier molecular flexibility index (Phi) is 5.35. The van der Waals surface area contributed by atoms with E-state index in [1.807, 2.05) is 13.0 Å². The number of aryl methyl sites for hydroxylation is 2. The summed E-state index contributed by atoms with van der Waals surface area (Å²) in [4.78, 5) is 24.5. The summed E-state index contributed by atoms with van der Waals surface area (Å²) < 4.78 is 22.8. The van der Waals surface area contributed by atoms with Crippen LogP contribution in [0.15, 0.2) is 39.5 Å². The first-order valence-electron chi connectivity index (χ1n) is 9.89. The van der Waals surface area contributed by atoms with Gasteiger partial charge in [-0.05, 0) is 42.7 Å². The molecule has 0 unspecified atom stereocenters. The van der Waals surface area contributed by atoms with E-state index < -0.39 is 5.91 Å². The van der Waals surface area contributed by atoms with E-state index in [-0.39, 0.29) is 12.0 Å². The van der Waals surface area contributed by atoms with Crippen LogP contribution in [0.1, 0.15) is 24.7 Å². The molecule has 3 aromatic rings. The third-order valence-corrected chi connectivity index (χ3v) is 4.97. The third kappa shape index (κ3) is 3.70. The normalized spacial score (nSPS) is 12.7. The van der Waals surface area contributed by atoms with Crippen LogP contribution in [-0.2, 0) is 11.2 Å². The van der Waals surface area contributed by atoms with Crippen molar-refractivity contribution in [3.05, 3.63) is 51.9 Å². The van der Waals surface area contributed by atoms with Gasteiger partial charge in [-0.15, -0.1) is 0 Å². The molecule has 1 amide bonds. The Morgan fingerprint density at radius 2 is 1.90 bits per heavy atom. The topological polar surface area (TPSA) is 101 Å². The SMILES string of the molecule is CCCc1cc2c(=O)c(-c3ccc4c(c3)OCCO4)c(C)oc2cc1OCC(N)=O. The van der Waals surface area contributed by atoms with Crippen molar-refractivity contribution in [2.24, 2.45) is 5.73 Å². The summed E-state index contributed by atoms with van der Waals surface area (Å²) in [5, 5.41) is 0.459. The monoisotopic (exact) mass is 409 g/mol. The van der Waals surface area contributed by atoms with E-state index in [9.17, 15) is 9.59 Å². The van der Waals surface area contributed by atoms with Crippen molar-refractivity contribution in [1.29, 1.82) is 0 Å². The van der Waals surface area contributed by atoms with Gasteiger partial charge in [-0.1, -0.05) is 19.4 Å². The lowest BCUT2D eigenvalue weighted by molar-refractivity contribution is -0.119. The second-order valence-corrected chi connectivity index (χ2v) is 7.18. The molecule has 0 aliphatic carbocycles. The van der Waals surface area contributed by atoms with Crippen LogP contribution in [-0.4, -0.2) is 25.7 Å². The number of nitrogens with two attached hydrogens (primary N) is 1. The summed E-state index contributed by atoms with van der Waals surface area (Å²) >= 11 is 0. The molecule has 0 atom stereocenters. The Balaban J connectivity index is 1.85. The molecule has 0 radical (unpaired) electrons. The van der Waals surface area contributed by atoms with E-state index >= 15 is 0 Å². The van der Waals surface area contributed by atoms with Crippen LogP contribution in [0.4, 0.5) is 0 Å². The van der Waals surface area contributed by atoms with Crippen molar-refractivity contribution in [2.75, 3.05) is 19.8 Å². The first-order valence-corrected chi connectivity index (χ1v) is 9.89. The molecule has 7 nitrogen and oxygen atoms in total. The highest BCUT2D eigenvalue weighted by molar-refractivity contribution is 5.85. The zero-order valence-electron chi connectivity index (χ0n) is 16.9. The zero-order valence-corrected chi connectivity index (χ0v) is 16.9. The fourth-order valence-electron chi connectivity index (χ4n) is 3.66. The van der Waals surface area contributed by atoms with Gasteiger partial charge in [0.05, 0.1) is 10.9 Å². The van der Waals surface area contributed by atoms with Gasteiger partial charge in [-0.2, -0.15) is 0 Å². The largest absolute Gasteiger partial charge is 0.486 e. The predicted octanol–water partition coefficient (Wildman–Crippen LogP) is 3.36. The molecule has 0 saturated heterocycles. The smallest absolute Gasteiger partial charge is 0.255 e. The summed E-state index contributed by atoms with van der Waals surface area (Å²) in [6.45, 7) is 4.51. The Bertz CT molecular complexity index is 1180. The molecule has 2 heterocycles. The molecule has 156 valence electrons. The first-order chi connectivity index (χ1) is 14.5. The molecular formula is C23H23NO6. The number of ether oxygens (including phenoxy) is 3. The quantitative estimate of drug-likeness (QED) is 0.670. The summed E-state index contributed by atoms with van der Waals surface area (Å²) in [7, 11) is 0. The third-order valence-electron chi connectivity index (χ3n) is 4.97. The van der Waals surface area contributed by atoms with Gasteiger partial charge in [-0.25, -0.2) is 0 Å². The van der Waals surface area contributed by atoms with Crippen molar-refractivity contribution in [2.45, 2.75) is 26.7 Å². The van der Waals surface area contributed by atoms with Crippen molar-refractivity contribution in [3.63, 3.8) is 0 Å². The van der Waals surface area contributed by atoms with Gasteiger partial charge >= 0.3 is 0 Å². The zero-order chi connectivity index (χ0) is 21.3. The van der Waals surface area contributed by atoms with Crippen LogP contribution < -0.4 is 25.4 Å². The van der Waals surface area contributed by atoms with Crippen LogP contribution in [0.25, 0.3) is 22.1 Å². The minimum Gasteiger partial charge on any atom is -0.486 e. The fraction of sp³-hybridized carbons (Fsp3) is 0.304. The number of hydrogen-bond donors (Lipinski definition) is 1. The lowest BCUT2D eigenvalue weighted by Crippen LogP contribution is -2.20. The first kappa shape index (κ1) is 19.8. The molecule has 2 N–H and O–H groups in total. The summed E-state index contributed by atoms with van der Waals surface area (Å²) in [5.41, 5.74) is 7.48. The summed E-state index contributed by atoms with van der Waals surface area (Å²) in [6.07, 6.45) is 1.54. The number of amides is 1. The van der Waals surface area contributed by atoms with E-state index in [4.69, 9.17) is 24.4 Å². The van der Waals surface area contributed by atoms with Crippen molar-refractivity contribution >= 4 is 16.9 Å². The van der Waals surface area contributed by atoms with E-state index in [1.54, 1.807) is 31.2 Å². The van der Waals surface area contributed by atoms with Crippen LogP contribution in [0.2, 0.25) is 0 Å². The number of primary amides is 1. The van der Waals surface area contributed by atoms with Crippen LogP contribution in [0.3, 0.4) is 0 Å². The molecule has 0 fully saturated rings. The predicted molar refractivity (Wildman–Crippen MR) is 112 cm³/mol. The molecule has 1 aliphatic heterocycles. The molecule has 2 aromatic carbocycles. The second kappa shape index (κ2) is 8.10. The highest BCUT2D eigenvalue weighted by Crippen LogP contribution is 2.36. The number of carbonyl (C=O) groups is 1. The molecule has 4 rings (SSSR count). The summed E-state index contributed by atoms with van der Waals surface area (Å²) in [5.74, 6) is 1.68. The van der Waals surface area contributed by atoms with Gasteiger partial charge in [0.1, 0.15) is 30.3 Å². The Morgan fingerprint density at radius 1 is 1.13 bits per heavy atom. The van der Waals surface area contributed by atoms with Gasteiger partial charge in [0.25, 0.3) is 5.91 Å². The molecule has 0 saturated carbocycles. The van der Waals surface area contributed by atoms with Gasteiger partial charge in [-0.3, -0.25) is 9.59 Å². The van der Waals surface area contributed by atoms with Crippen LogP contribution in [0.5, 0.6) is 17.2 Å². The molecule has 30 heavy (non-hydrogen) atoms. The maximum absolute atomic E-state index is 13.4. The molecule has 0 bridgehead atoms. The van der Waals surface area contributed by atoms with Crippen molar-refractivity contribution < 1.29 is 23.4 Å². The number of benzene rings is 2. The average Bonchev–Trinajstić information content (AvgIpc) is 2.73. The van der Waals surface area contributed by atoms with Gasteiger partial charge in [0.15, 0.2) is 18.1 Å². The number of carbonyl (C=O) groups excluding carboxylic acids is 1. The maximum atomic E-state index is 13.4. The van der Waals surface area contributed by atoms with Gasteiger partial charge in [0.2, 0.25) is 5.43 Å². The molecule has 1 aromatic heterocycles. The molecule has 1 aliphatic rings. The van der Waals surface area contributed by atoms with Crippen LogP contribution in [0, 0.1) is 6.92 Å². The molecule has 7 heteroatoms. The maximum Gasteiger partial charge on any atom is 0.255 e. The van der Waals surface area contributed by atoms with Gasteiger partial charge < -0.3 is 24.4 Å². The van der Waals surface area contributed by atoms with E-state index in [0.29, 0.717) is 64.7 Å². The Labute approximate surface area is 173 Å². The highest BCUT2D eigenvalue weighted by Gasteiger charge is 2.19. The van der Waals surface area contributed by atoms with Crippen molar-refractivity contribution in [3.8, 4) is 28.4 Å². The van der Waals surface area contributed by atoms with Crippen LogP contribution >= 0.6 is 0 Å². The lowest BCUT2D eigenvalue weighted by Gasteiger charge is -2.19. The second-order valence-electron chi connectivity index (χ2n) is 7.18. The highest BCUT2D eigenvalue weighted by atomic mass is 16.6. The average molecular weight is 409 g/mol. The Hall–Kier alpha value is -3.48. The Morgan fingerprint density at radius 3 is 2.63 bits per heavy atom. The van der Waals surface area contributed by atoms with E-state index in [0.717, 1.165) is 12.0 Å². The summed E-state index contributed by atoms with van der Waals surface area (Å²) in [6, 6.07) is 8.87. The minimum atomic E-state index is -0.566. The molecular weight excluding hydrogens is 386 g/mol. The number of rotatable bonds is 6. The molecule has 0 spiro atoms. The fourth-order valence-corrected chi connectivity index (χ4v) is 3.66. The van der Waals surface area contributed by atoms with E-state index in [1.165, 1.54) is 0 Å². The van der Waals surface area contributed by atoms with Crippen molar-refractivity contribution in [1.82, 2.24) is 0 Å². The van der Waals surface area contributed by atoms with E-state index in [2.05, 4.69) is 0 Å². The number of fused-ring (bicyclic) bond motifs is 2. The standard InChI is InChI=1S/C23H23NO6/c1-3-4-14-9-16-19(11-18(14)29-12-21(24)25)30-13(2)22(23(16)26)15-5-6-17-20(10-15)28-8-7-27-17/h5-6,9-11H,3-4,7-8,12H2,1-2H3,(H2,24,25). The number of hydrogen-bond acceptors (Lipinski definition) is 6.